The third kappa shape index (κ3) is 3.93. The fourth-order valence-electron chi connectivity index (χ4n) is 2.21. The Hall–Kier alpha value is -0.650. The van der Waals surface area contributed by atoms with Crippen molar-refractivity contribution in [1.29, 1.82) is 0 Å². The number of nitrogens with one attached hydrogen (secondary N) is 2. The van der Waals surface area contributed by atoms with Crippen LogP contribution in [0.3, 0.4) is 0 Å². The number of pyridine rings is 1. The number of aromatic nitrogens is 1. The molecule has 1 aromatic rings. The van der Waals surface area contributed by atoms with E-state index in [4.69, 9.17) is 4.74 Å². The van der Waals surface area contributed by atoms with E-state index in [2.05, 4.69) is 44.5 Å². The smallest absolute Gasteiger partial charge is 0.106 e. The number of nitrogens with zero attached hydrogens (tertiary/aromatic N) is 1. The van der Waals surface area contributed by atoms with Crippen molar-refractivity contribution in [3.05, 3.63) is 22.4 Å². The number of rotatable bonds is 4. The maximum atomic E-state index is 5.46. The Morgan fingerprint density at radius 3 is 3.11 bits per heavy atom. The first-order valence-electron chi connectivity index (χ1n) is 6.36. The molecule has 2 heterocycles. The van der Waals surface area contributed by atoms with Gasteiger partial charge in [-0.2, -0.15) is 0 Å². The van der Waals surface area contributed by atoms with Crippen LogP contribution in [0.15, 0.2) is 16.7 Å². The molecule has 18 heavy (non-hydrogen) atoms. The Morgan fingerprint density at radius 1 is 1.61 bits per heavy atom. The number of morpholine rings is 1. The predicted molar refractivity (Wildman–Crippen MR) is 77.0 cm³/mol. The molecular weight excluding hydrogens is 294 g/mol. The summed E-state index contributed by atoms with van der Waals surface area (Å²) >= 11 is 3.38. The fraction of sp³-hybridized carbons (Fsp3) is 0.615. The van der Waals surface area contributed by atoms with Gasteiger partial charge < -0.3 is 15.4 Å². The van der Waals surface area contributed by atoms with Gasteiger partial charge in [0.1, 0.15) is 4.60 Å². The number of hydrogen-bond donors (Lipinski definition) is 2. The maximum Gasteiger partial charge on any atom is 0.106 e. The summed E-state index contributed by atoms with van der Waals surface area (Å²) in [5, 5.41) is 6.98. The topological polar surface area (TPSA) is 46.2 Å². The monoisotopic (exact) mass is 313 g/mol. The second-order valence-corrected chi connectivity index (χ2v) is 5.59. The highest BCUT2D eigenvalue weighted by Crippen LogP contribution is 2.18. The lowest BCUT2D eigenvalue weighted by Gasteiger charge is -2.27. The van der Waals surface area contributed by atoms with Crippen molar-refractivity contribution in [2.75, 3.05) is 25.1 Å². The number of ether oxygens (including phenoxy) is 1. The first-order chi connectivity index (χ1) is 8.65. The van der Waals surface area contributed by atoms with E-state index in [9.17, 15) is 0 Å². The first kappa shape index (κ1) is 13.8. The van der Waals surface area contributed by atoms with Crippen LogP contribution >= 0.6 is 15.9 Å². The van der Waals surface area contributed by atoms with E-state index >= 15 is 0 Å². The first-order valence-corrected chi connectivity index (χ1v) is 7.15. The average Bonchev–Trinajstić information content (AvgIpc) is 2.34. The van der Waals surface area contributed by atoms with Crippen molar-refractivity contribution >= 4 is 21.6 Å². The number of aryl methyl sites for hydroxylation is 1. The summed E-state index contributed by atoms with van der Waals surface area (Å²) in [5.41, 5.74) is 2.12. The standard InChI is InChI=1S/C13H20BrN3O/c1-9(7-11-8-18-6-5-15-11)16-12-3-4-13(14)17-10(12)2/h3-4,9,11,15-16H,5-8H2,1-2H3. The van der Waals surface area contributed by atoms with Crippen LogP contribution in [-0.2, 0) is 4.74 Å². The molecule has 1 aliphatic heterocycles. The molecule has 2 N–H and O–H groups in total. The van der Waals surface area contributed by atoms with Crippen LogP contribution in [0.5, 0.6) is 0 Å². The van der Waals surface area contributed by atoms with Gasteiger partial charge in [-0.25, -0.2) is 4.98 Å². The molecule has 1 saturated heterocycles. The minimum absolute atomic E-state index is 0.394. The second-order valence-electron chi connectivity index (χ2n) is 4.77. The van der Waals surface area contributed by atoms with E-state index < -0.39 is 0 Å². The molecule has 0 aliphatic carbocycles. The van der Waals surface area contributed by atoms with Crippen LogP contribution in [0.1, 0.15) is 19.0 Å². The van der Waals surface area contributed by atoms with Crippen molar-refractivity contribution in [1.82, 2.24) is 10.3 Å². The summed E-state index contributed by atoms with van der Waals surface area (Å²) in [5.74, 6) is 0. The Morgan fingerprint density at radius 2 is 2.44 bits per heavy atom. The van der Waals surface area contributed by atoms with Gasteiger partial charge >= 0.3 is 0 Å². The van der Waals surface area contributed by atoms with Gasteiger partial charge in [0, 0.05) is 18.6 Å². The summed E-state index contributed by atoms with van der Waals surface area (Å²) < 4.78 is 6.34. The zero-order valence-electron chi connectivity index (χ0n) is 10.9. The summed E-state index contributed by atoms with van der Waals surface area (Å²) in [4.78, 5) is 4.39. The second kappa shape index (κ2) is 6.50. The SMILES string of the molecule is Cc1nc(Br)ccc1NC(C)CC1COCCN1. The lowest BCUT2D eigenvalue weighted by Crippen LogP contribution is -2.43. The van der Waals surface area contributed by atoms with Gasteiger partial charge in [0.2, 0.25) is 0 Å². The Balaban J connectivity index is 1.87. The molecule has 1 fully saturated rings. The summed E-state index contributed by atoms with van der Waals surface area (Å²) in [6.07, 6.45) is 1.05. The molecule has 1 aromatic heterocycles. The molecule has 100 valence electrons. The highest BCUT2D eigenvalue weighted by Gasteiger charge is 2.16. The van der Waals surface area contributed by atoms with Crippen molar-refractivity contribution in [2.45, 2.75) is 32.4 Å². The molecule has 0 bridgehead atoms. The third-order valence-corrected chi connectivity index (χ3v) is 3.53. The maximum absolute atomic E-state index is 5.46. The van der Waals surface area contributed by atoms with Gasteiger partial charge in [0.15, 0.2) is 0 Å². The lowest BCUT2D eigenvalue weighted by atomic mass is 10.1. The van der Waals surface area contributed by atoms with E-state index in [0.29, 0.717) is 12.1 Å². The van der Waals surface area contributed by atoms with Crippen LogP contribution in [0.2, 0.25) is 0 Å². The zero-order valence-corrected chi connectivity index (χ0v) is 12.5. The number of hydrogen-bond acceptors (Lipinski definition) is 4. The van der Waals surface area contributed by atoms with Crippen LogP contribution < -0.4 is 10.6 Å². The predicted octanol–water partition coefficient (Wildman–Crippen LogP) is 2.33. The van der Waals surface area contributed by atoms with E-state index in [1.807, 2.05) is 13.0 Å². The Kier molecular flexibility index (Phi) is 4.97. The average molecular weight is 314 g/mol. The van der Waals surface area contributed by atoms with Gasteiger partial charge in [-0.15, -0.1) is 0 Å². The van der Waals surface area contributed by atoms with Crippen LogP contribution in [-0.4, -0.2) is 36.8 Å². The molecule has 4 nitrogen and oxygen atoms in total. The molecule has 0 aromatic carbocycles. The van der Waals surface area contributed by atoms with E-state index in [-0.39, 0.29) is 0 Å². The Labute approximate surface area is 117 Å². The molecule has 2 rings (SSSR count). The van der Waals surface area contributed by atoms with Crippen molar-refractivity contribution < 1.29 is 4.74 Å². The van der Waals surface area contributed by atoms with Crippen molar-refractivity contribution in [3.63, 3.8) is 0 Å². The molecule has 5 heteroatoms. The van der Waals surface area contributed by atoms with E-state index in [1.165, 1.54) is 0 Å². The molecule has 0 amide bonds. The molecule has 0 spiro atoms. The lowest BCUT2D eigenvalue weighted by molar-refractivity contribution is 0.0731. The fourth-order valence-corrected chi connectivity index (χ4v) is 2.60. The molecule has 1 aliphatic rings. The highest BCUT2D eigenvalue weighted by molar-refractivity contribution is 9.10. The summed E-state index contributed by atoms with van der Waals surface area (Å²) in [6, 6.07) is 4.87. The van der Waals surface area contributed by atoms with E-state index in [0.717, 1.165) is 42.2 Å². The Bertz CT molecular complexity index is 394. The van der Waals surface area contributed by atoms with Gasteiger partial charge in [0.05, 0.1) is 24.6 Å². The highest BCUT2D eigenvalue weighted by atomic mass is 79.9. The molecule has 0 saturated carbocycles. The summed E-state index contributed by atoms with van der Waals surface area (Å²) in [6.45, 7) is 6.80. The van der Waals surface area contributed by atoms with E-state index in [1.54, 1.807) is 0 Å². The molecule has 2 atom stereocenters. The molecular formula is C13H20BrN3O. The zero-order chi connectivity index (χ0) is 13.0. The molecule has 2 unspecified atom stereocenters. The third-order valence-electron chi connectivity index (χ3n) is 3.09. The largest absolute Gasteiger partial charge is 0.381 e. The van der Waals surface area contributed by atoms with Gasteiger partial charge in [0.25, 0.3) is 0 Å². The van der Waals surface area contributed by atoms with Crippen molar-refractivity contribution in [2.24, 2.45) is 0 Å². The van der Waals surface area contributed by atoms with Crippen LogP contribution in [0.4, 0.5) is 5.69 Å². The van der Waals surface area contributed by atoms with Gasteiger partial charge in [-0.05, 0) is 48.3 Å². The number of halogens is 1. The van der Waals surface area contributed by atoms with Crippen molar-refractivity contribution in [3.8, 4) is 0 Å². The van der Waals surface area contributed by atoms with Crippen LogP contribution in [0, 0.1) is 6.92 Å². The molecule has 0 radical (unpaired) electrons. The van der Waals surface area contributed by atoms with Gasteiger partial charge in [-0.1, -0.05) is 0 Å². The number of anilines is 1. The van der Waals surface area contributed by atoms with Gasteiger partial charge in [-0.3, -0.25) is 0 Å². The van der Waals surface area contributed by atoms with Crippen LogP contribution in [0.25, 0.3) is 0 Å². The summed E-state index contributed by atoms with van der Waals surface area (Å²) in [7, 11) is 0. The normalized spacial score (nSPS) is 21.6. The minimum atomic E-state index is 0.394. The quantitative estimate of drug-likeness (QED) is 0.838. The minimum Gasteiger partial charge on any atom is -0.381 e.